The van der Waals surface area contributed by atoms with Crippen molar-refractivity contribution in [2.75, 3.05) is 18.6 Å². The molecule has 0 aromatic heterocycles. The lowest BCUT2D eigenvalue weighted by Crippen LogP contribution is -2.60. The molecule has 3 fully saturated rings. The number of benzene rings is 2. The molecule has 2 aromatic rings. The van der Waals surface area contributed by atoms with Crippen LogP contribution in [0.5, 0.6) is 11.5 Å². The molecule has 2 heterocycles. The number of allylic oxidation sites excluding steroid dienone is 2. The van der Waals surface area contributed by atoms with Crippen molar-refractivity contribution in [3.05, 3.63) is 64.5 Å². The number of aliphatic carboxylic acids is 1. The van der Waals surface area contributed by atoms with Gasteiger partial charge in [-0.3, -0.25) is 28.9 Å². The molecule has 2 aliphatic heterocycles. The molecular weight excluding hydrogens is 694 g/mol. The Morgan fingerprint density at radius 2 is 1.58 bits per heavy atom. The van der Waals surface area contributed by atoms with Crippen LogP contribution in [0.15, 0.2) is 29.8 Å². The number of carboxylic acid groups (broad SMARTS) is 1. The van der Waals surface area contributed by atoms with E-state index in [1.165, 1.54) is 25.3 Å². The molecular formula is C31H23Cl2F5N2O8. The molecule has 0 bridgehead atoms. The zero-order chi connectivity index (χ0) is 35.2. The summed E-state index contributed by atoms with van der Waals surface area (Å²) in [5.74, 6) is -23.6. The van der Waals surface area contributed by atoms with Gasteiger partial charge in [0.05, 0.1) is 18.9 Å². The zero-order valence-corrected chi connectivity index (χ0v) is 26.1. The summed E-state index contributed by atoms with van der Waals surface area (Å²) in [4.78, 5) is 61.9. The van der Waals surface area contributed by atoms with Crippen LogP contribution in [0.3, 0.4) is 0 Å². The van der Waals surface area contributed by atoms with E-state index in [-0.39, 0.29) is 53.3 Å². The number of carbonyl (C=O) groups excluding carboxylic acids is 4. The van der Waals surface area contributed by atoms with E-state index < -0.39 is 104 Å². The fourth-order valence-corrected chi connectivity index (χ4v) is 8.45. The van der Waals surface area contributed by atoms with Gasteiger partial charge in [0.15, 0.2) is 33.0 Å². The Morgan fingerprint density at radius 3 is 2.19 bits per heavy atom. The van der Waals surface area contributed by atoms with Crippen LogP contribution in [-0.2, 0) is 24.0 Å². The van der Waals surface area contributed by atoms with Crippen molar-refractivity contribution in [3.8, 4) is 11.5 Å². The lowest BCUT2D eigenvalue weighted by molar-refractivity contribution is -0.142. The highest BCUT2D eigenvalue weighted by atomic mass is 35.5. The van der Waals surface area contributed by atoms with Gasteiger partial charge in [0.2, 0.25) is 17.6 Å². The highest BCUT2D eigenvalue weighted by molar-refractivity contribution is 6.58. The summed E-state index contributed by atoms with van der Waals surface area (Å²) in [5, 5.41) is 19.2. The molecule has 0 spiro atoms. The first-order valence-corrected chi connectivity index (χ1v) is 15.2. The molecule has 1 saturated carbocycles. The molecule has 6 unspecified atom stereocenters. The number of aromatic hydroxyl groups is 1. The average molecular weight is 717 g/mol. The molecule has 17 heteroatoms. The first-order chi connectivity index (χ1) is 22.5. The number of anilines is 1. The lowest BCUT2D eigenvalue weighted by Gasteiger charge is -2.50. The number of methoxy groups -OCH3 is 1. The van der Waals surface area contributed by atoms with Gasteiger partial charge < -0.3 is 14.9 Å². The summed E-state index contributed by atoms with van der Waals surface area (Å²) >= 11 is 14.1. The number of alkyl halides is 2. The fraction of sp³-hybridized carbons (Fsp3) is 0.387. The number of fused-ring (bicyclic) bond motifs is 4. The van der Waals surface area contributed by atoms with Gasteiger partial charge in [-0.2, -0.15) is 0 Å². The number of carbonyl (C=O) groups is 5. The van der Waals surface area contributed by atoms with Crippen molar-refractivity contribution < 1.29 is 60.9 Å². The monoisotopic (exact) mass is 716 g/mol. The van der Waals surface area contributed by atoms with Crippen molar-refractivity contribution in [1.29, 1.82) is 0 Å². The Kier molecular flexibility index (Phi) is 8.02. The Labute approximate surface area is 277 Å². The maximum atomic E-state index is 15.1. The minimum absolute atomic E-state index is 0.000206. The first kappa shape index (κ1) is 33.7. The smallest absolute Gasteiger partial charge is 0.303 e. The van der Waals surface area contributed by atoms with Crippen molar-refractivity contribution >= 4 is 58.5 Å². The van der Waals surface area contributed by atoms with Gasteiger partial charge in [0.1, 0.15) is 17.2 Å². The first-order valence-electron chi connectivity index (χ1n) is 14.4. The van der Waals surface area contributed by atoms with Crippen molar-refractivity contribution in [1.82, 2.24) is 4.90 Å². The van der Waals surface area contributed by atoms with Crippen LogP contribution in [0.2, 0.25) is 0 Å². The molecule has 48 heavy (non-hydrogen) atoms. The Morgan fingerprint density at radius 1 is 0.958 bits per heavy atom. The van der Waals surface area contributed by atoms with Gasteiger partial charge in [-0.05, 0) is 31.2 Å². The van der Waals surface area contributed by atoms with Crippen molar-refractivity contribution in [3.63, 3.8) is 0 Å². The summed E-state index contributed by atoms with van der Waals surface area (Å²) in [5.41, 5.74) is -1.71. The molecule has 2 N–H and O–H groups in total. The number of halogens is 7. The Hall–Kier alpha value is -4.24. The number of rotatable bonds is 7. The third-order valence-electron chi connectivity index (χ3n) is 9.61. The second-order valence-corrected chi connectivity index (χ2v) is 13.2. The number of phenols is 1. The number of imide groups is 2. The summed E-state index contributed by atoms with van der Waals surface area (Å²) in [6.07, 6.45) is 0.331. The van der Waals surface area contributed by atoms with Crippen LogP contribution in [0.25, 0.3) is 0 Å². The SMILES string of the molecule is COc1cc(O)ccc1C1C2=CCC3C(=O)N(CCCC(=O)O)C(=O)C3C2CC2(Cl)C(=O)N(c3c(F)c(F)c(F)c(F)c3F)C(=O)C12Cl. The van der Waals surface area contributed by atoms with E-state index in [4.69, 9.17) is 33.0 Å². The maximum Gasteiger partial charge on any atom is 0.303 e. The number of amides is 4. The molecule has 2 aliphatic carbocycles. The summed E-state index contributed by atoms with van der Waals surface area (Å²) in [6, 6.07) is 3.55. The quantitative estimate of drug-likeness (QED) is 0.106. The van der Waals surface area contributed by atoms with Gasteiger partial charge in [-0.1, -0.05) is 17.7 Å². The van der Waals surface area contributed by atoms with Gasteiger partial charge in [-0.25, -0.2) is 26.9 Å². The second kappa shape index (κ2) is 11.4. The predicted molar refractivity (Wildman–Crippen MR) is 155 cm³/mol. The number of likely N-dealkylation sites (tertiary alicyclic amines) is 1. The standard InChI is InChI=1S/C31H23Cl2F5N2O8/c1-48-16-9-11(41)4-5-13(16)19-12-6-7-14-18(27(45)39(26(14)44)8-2-3-17(42)43)15(12)10-30(32)28(46)40(29(47)31(19,30)33)25-23(37)21(35)20(34)22(36)24(25)38/h4-6,9,14-15,18-19,41H,2-3,7-8,10H2,1H3,(H,42,43). The van der Waals surface area contributed by atoms with E-state index in [1.807, 2.05) is 0 Å². The van der Waals surface area contributed by atoms with Gasteiger partial charge in [0.25, 0.3) is 11.8 Å². The number of hydrogen-bond donors (Lipinski definition) is 2. The number of ether oxygens (including phenoxy) is 1. The van der Waals surface area contributed by atoms with Gasteiger partial charge >= 0.3 is 5.97 Å². The highest BCUT2D eigenvalue weighted by Gasteiger charge is 2.77. The fourth-order valence-electron chi connectivity index (χ4n) is 7.52. The highest BCUT2D eigenvalue weighted by Crippen LogP contribution is 2.66. The van der Waals surface area contributed by atoms with E-state index in [9.17, 15) is 42.3 Å². The maximum absolute atomic E-state index is 15.1. The molecule has 10 nitrogen and oxygen atoms in total. The number of phenolic OH excluding ortho intramolecular Hbond substituents is 1. The lowest BCUT2D eigenvalue weighted by atomic mass is 9.56. The molecule has 2 aromatic carbocycles. The molecule has 2 saturated heterocycles. The van der Waals surface area contributed by atoms with Gasteiger partial charge in [-0.15, -0.1) is 23.2 Å². The van der Waals surface area contributed by atoms with Crippen LogP contribution in [-0.4, -0.2) is 68.1 Å². The summed E-state index contributed by atoms with van der Waals surface area (Å²) in [6.45, 7) is -0.231. The summed E-state index contributed by atoms with van der Waals surface area (Å²) in [7, 11) is 1.19. The second-order valence-electron chi connectivity index (χ2n) is 11.9. The Balaban J connectivity index is 1.55. The topological polar surface area (TPSA) is 142 Å². The minimum Gasteiger partial charge on any atom is -0.508 e. The zero-order valence-electron chi connectivity index (χ0n) is 24.5. The van der Waals surface area contributed by atoms with E-state index in [2.05, 4.69) is 0 Å². The van der Waals surface area contributed by atoms with Crippen LogP contribution in [0.4, 0.5) is 27.6 Å². The van der Waals surface area contributed by atoms with Crippen molar-refractivity contribution in [2.24, 2.45) is 17.8 Å². The van der Waals surface area contributed by atoms with Crippen LogP contribution < -0.4 is 9.64 Å². The molecule has 4 amide bonds. The van der Waals surface area contributed by atoms with Crippen LogP contribution in [0, 0.1) is 46.8 Å². The minimum atomic E-state index is -2.75. The van der Waals surface area contributed by atoms with Gasteiger partial charge in [0, 0.05) is 30.5 Å². The predicted octanol–water partition coefficient (Wildman–Crippen LogP) is 4.52. The average Bonchev–Trinajstić information content (AvgIpc) is 3.37. The molecule has 254 valence electrons. The van der Waals surface area contributed by atoms with E-state index in [1.54, 1.807) is 0 Å². The normalized spacial score (nSPS) is 29.5. The Bertz CT molecular complexity index is 1850. The molecule has 0 radical (unpaired) electrons. The third-order valence-corrected chi connectivity index (χ3v) is 11.0. The van der Waals surface area contributed by atoms with E-state index in [0.29, 0.717) is 0 Å². The largest absolute Gasteiger partial charge is 0.508 e. The molecule has 4 aliphatic rings. The van der Waals surface area contributed by atoms with Crippen LogP contribution in [0.1, 0.15) is 37.2 Å². The summed E-state index contributed by atoms with van der Waals surface area (Å²) < 4.78 is 78.4. The number of carboxylic acids is 1. The van der Waals surface area contributed by atoms with E-state index >= 15 is 8.78 Å². The third kappa shape index (κ3) is 4.39. The van der Waals surface area contributed by atoms with E-state index in [0.717, 1.165) is 11.0 Å². The number of nitrogens with zero attached hydrogens (tertiary/aromatic N) is 2. The van der Waals surface area contributed by atoms with Crippen LogP contribution >= 0.6 is 23.2 Å². The molecule has 6 atom stereocenters. The number of hydrogen-bond acceptors (Lipinski definition) is 7. The van der Waals surface area contributed by atoms with Crippen molar-refractivity contribution in [2.45, 2.75) is 41.3 Å². The molecule has 6 rings (SSSR count).